The second-order valence-electron chi connectivity index (χ2n) is 6.20. The van der Waals surface area contributed by atoms with Crippen LogP contribution in [0.2, 0.25) is 0 Å². The Morgan fingerprint density at radius 1 is 1.15 bits per heavy atom. The van der Waals surface area contributed by atoms with Crippen LogP contribution in [0.5, 0.6) is 0 Å². The number of hydrogen-bond acceptors (Lipinski definition) is 2. The zero-order valence-electron chi connectivity index (χ0n) is 14.6. The van der Waals surface area contributed by atoms with Crippen LogP contribution in [0.1, 0.15) is 29.4 Å². The van der Waals surface area contributed by atoms with E-state index in [2.05, 4.69) is 10.3 Å². The lowest BCUT2D eigenvalue weighted by Gasteiger charge is -2.19. The lowest BCUT2D eigenvalue weighted by molar-refractivity contribution is -0.121. The van der Waals surface area contributed by atoms with Gasteiger partial charge in [-0.2, -0.15) is 0 Å². The van der Waals surface area contributed by atoms with Crippen LogP contribution in [0.4, 0.5) is 13.2 Å². The van der Waals surface area contributed by atoms with Gasteiger partial charge >= 0.3 is 0 Å². The summed E-state index contributed by atoms with van der Waals surface area (Å²) in [7, 11) is 1.78. The molecule has 1 atom stereocenters. The van der Waals surface area contributed by atoms with Gasteiger partial charge in [0.2, 0.25) is 5.91 Å². The summed E-state index contributed by atoms with van der Waals surface area (Å²) in [4.78, 5) is 16.7. The van der Waals surface area contributed by atoms with Crippen LogP contribution in [0.3, 0.4) is 0 Å². The first kappa shape index (κ1) is 18.7. The first-order valence-corrected chi connectivity index (χ1v) is 8.40. The molecule has 2 aromatic carbocycles. The average molecular weight is 373 g/mol. The van der Waals surface area contributed by atoms with Crippen molar-refractivity contribution in [3.05, 3.63) is 89.3 Å². The highest BCUT2D eigenvalue weighted by Crippen LogP contribution is 2.21. The highest BCUT2D eigenvalue weighted by atomic mass is 19.2. The number of halogens is 3. The summed E-state index contributed by atoms with van der Waals surface area (Å²) in [5.41, 5.74) is 1.08. The highest BCUT2D eigenvalue weighted by molar-refractivity contribution is 5.77. The van der Waals surface area contributed by atoms with Crippen LogP contribution in [-0.4, -0.2) is 15.5 Å². The molecule has 27 heavy (non-hydrogen) atoms. The van der Waals surface area contributed by atoms with Gasteiger partial charge in [0.05, 0.1) is 0 Å². The number of hydrogen-bond donors (Lipinski definition) is 1. The molecule has 140 valence electrons. The molecule has 0 saturated heterocycles. The number of aryl methyl sites for hydroxylation is 2. The van der Waals surface area contributed by atoms with Gasteiger partial charge in [-0.25, -0.2) is 18.2 Å². The minimum atomic E-state index is -0.946. The van der Waals surface area contributed by atoms with E-state index >= 15 is 0 Å². The molecule has 0 radical (unpaired) electrons. The van der Waals surface area contributed by atoms with Crippen LogP contribution in [-0.2, 0) is 18.3 Å². The fourth-order valence-corrected chi connectivity index (χ4v) is 2.82. The van der Waals surface area contributed by atoms with Gasteiger partial charge in [-0.3, -0.25) is 4.79 Å². The monoisotopic (exact) mass is 373 g/mol. The van der Waals surface area contributed by atoms with E-state index in [0.29, 0.717) is 17.0 Å². The van der Waals surface area contributed by atoms with Gasteiger partial charge < -0.3 is 9.88 Å². The normalized spacial score (nSPS) is 12.0. The molecule has 1 amide bonds. The van der Waals surface area contributed by atoms with Gasteiger partial charge in [0.15, 0.2) is 11.6 Å². The van der Waals surface area contributed by atoms with Gasteiger partial charge in [-0.15, -0.1) is 0 Å². The second kappa shape index (κ2) is 8.07. The van der Waals surface area contributed by atoms with E-state index in [4.69, 9.17) is 0 Å². The van der Waals surface area contributed by atoms with Crippen molar-refractivity contribution in [3.63, 3.8) is 0 Å². The third kappa shape index (κ3) is 4.55. The molecule has 3 aromatic rings. The molecule has 0 aliphatic rings. The third-order valence-electron chi connectivity index (χ3n) is 4.23. The summed E-state index contributed by atoms with van der Waals surface area (Å²) in [6.45, 7) is 0. The van der Waals surface area contributed by atoms with Crippen molar-refractivity contribution in [2.75, 3.05) is 0 Å². The number of rotatable bonds is 6. The summed E-state index contributed by atoms with van der Waals surface area (Å²) >= 11 is 0. The van der Waals surface area contributed by atoms with Gasteiger partial charge in [0.25, 0.3) is 0 Å². The second-order valence-corrected chi connectivity index (χ2v) is 6.20. The third-order valence-corrected chi connectivity index (χ3v) is 4.23. The standard InChI is InChI=1S/C20H18F3N3O/c1-26-10-9-24-20(26)19(14-3-2-4-15(21)12-14)25-18(27)8-6-13-5-7-16(22)17(23)11-13/h2-5,7,9-12,19H,6,8H2,1H3,(H,25,27). The van der Waals surface area contributed by atoms with Crippen LogP contribution in [0.15, 0.2) is 54.9 Å². The van der Waals surface area contributed by atoms with E-state index in [-0.39, 0.29) is 18.7 Å². The molecule has 0 fully saturated rings. The van der Waals surface area contributed by atoms with Crippen LogP contribution in [0.25, 0.3) is 0 Å². The Morgan fingerprint density at radius 3 is 2.63 bits per heavy atom. The number of nitrogens with one attached hydrogen (secondary N) is 1. The van der Waals surface area contributed by atoms with Crippen molar-refractivity contribution in [2.24, 2.45) is 7.05 Å². The Labute approximate surface area is 154 Å². The van der Waals surface area contributed by atoms with Gasteiger partial charge in [0, 0.05) is 25.9 Å². The quantitative estimate of drug-likeness (QED) is 0.717. The molecular formula is C20H18F3N3O. The Kier molecular flexibility index (Phi) is 5.59. The molecule has 1 unspecified atom stereocenters. The minimum absolute atomic E-state index is 0.0707. The Morgan fingerprint density at radius 2 is 1.96 bits per heavy atom. The smallest absolute Gasteiger partial charge is 0.221 e. The number of carbonyl (C=O) groups is 1. The molecular weight excluding hydrogens is 355 g/mol. The highest BCUT2D eigenvalue weighted by Gasteiger charge is 2.21. The van der Waals surface area contributed by atoms with E-state index in [0.717, 1.165) is 12.1 Å². The van der Waals surface area contributed by atoms with Gasteiger partial charge in [0.1, 0.15) is 17.7 Å². The molecule has 0 aliphatic carbocycles. The number of nitrogens with zero attached hydrogens (tertiary/aromatic N) is 2. The SMILES string of the molecule is Cn1ccnc1C(NC(=O)CCc1ccc(F)c(F)c1)c1cccc(F)c1. The largest absolute Gasteiger partial charge is 0.342 e. The molecule has 0 aliphatic heterocycles. The van der Waals surface area contributed by atoms with E-state index in [1.54, 1.807) is 36.1 Å². The maximum absolute atomic E-state index is 13.6. The number of imidazole rings is 1. The van der Waals surface area contributed by atoms with Crippen molar-refractivity contribution in [2.45, 2.75) is 18.9 Å². The van der Waals surface area contributed by atoms with Crippen molar-refractivity contribution < 1.29 is 18.0 Å². The first-order chi connectivity index (χ1) is 12.9. The Balaban J connectivity index is 1.74. The van der Waals surface area contributed by atoms with E-state index < -0.39 is 23.5 Å². The van der Waals surface area contributed by atoms with E-state index in [1.807, 2.05) is 0 Å². The number of aromatic nitrogens is 2. The molecule has 0 bridgehead atoms. The van der Waals surface area contributed by atoms with Crippen LogP contribution in [0, 0.1) is 17.5 Å². The van der Waals surface area contributed by atoms with Crippen molar-refractivity contribution >= 4 is 5.91 Å². The Hall–Kier alpha value is -3.09. The fourth-order valence-electron chi connectivity index (χ4n) is 2.82. The predicted octanol–water partition coefficient (Wildman–Crippen LogP) is 3.68. The summed E-state index contributed by atoms with van der Waals surface area (Å²) in [5, 5.41) is 2.84. The molecule has 0 spiro atoms. The Bertz CT molecular complexity index is 955. The van der Waals surface area contributed by atoms with Crippen molar-refractivity contribution in [1.82, 2.24) is 14.9 Å². The zero-order valence-corrected chi connectivity index (χ0v) is 14.6. The predicted molar refractivity (Wildman–Crippen MR) is 94.3 cm³/mol. The lowest BCUT2D eigenvalue weighted by Crippen LogP contribution is -2.31. The number of carbonyl (C=O) groups excluding carboxylic acids is 1. The van der Waals surface area contributed by atoms with Crippen LogP contribution >= 0.6 is 0 Å². The lowest BCUT2D eigenvalue weighted by atomic mass is 10.0. The molecule has 4 nitrogen and oxygen atoms in total. The number of amides is 1. The number of benzene rings is 2. The van der Waals surface area contributed by atoms with E-state index in [9.17, 15) is 18.0 Å². The fraction of sp³-hybridized carbons (Fsp3) is 0.200. The van der Waals surface area contributed by atoms with E-state index in [1.165, 1.54) is 18.2 Å². The van der Waals surface area contributed by atoms with Crippen molar-refractivity contribution in [3.8, 4) is 0 Å². The molecule has 7 heteroatoms. The van der Waals surface area contributed by atoms with Gasteiger partial charge in [-0.05, 0) is 41.8 Å². The zero-order chi connectivity index (χ0) is 19.4. The summed E-state index contributed by atoms with van der Waals surface area (Å²) in [6, 6.07) is 8.86. The first-order valence-electron chi connectivity index (χ1n) is 8.40. The maximum atomic E-state index is 13.6. The molecule has 1 aromatic heterocycles. The van der Waals surface area contributed by atoms with Gasteiger partial charge in [-0.1, -0.05) is 18.2 Å². The van der Waals surface area contributed by atoms with Crippen LogP contribution < -0.4 is 5.32 Å². The summed E-state index contributed by atoms with van der Waals surface area (Å²) in [5.74, 6) is -2.04. The average Bonchev–Trinajstić information content (AvgIpc) is 3.06. The topological polar surface area (TPSA) is 46.9 Å². The summed E-state index contributed by atoms with van der Waals surface area (Å²) < 4.78 is 41.7. The molecule has 1 N–H and O–H groups in total. The van der Waals surface area contributed by atoms with Crippen molar-refractivity contribution in [1.29, 1.82) is 0 Å². The molecule has 1 heterocycles. The maximum Gasteiger partial charge on any atom is 0.221 e. The molecule has 3 rings (SSSR count). The molecule has 0 saturated carbocycles. The minimum Gasteiger partial charge on any atom is -0.342 e. The summed E-state index contributed by atoms with van der Waals surface area (Å²) in [6.07, 6.45) is 3.64.